The Balaban J connectivity index is 2.68. The number of amides is 8. The number of cyclic esters (lactones) is 1. The van der Waals surface area contributed by atoms with Crippen LogP contribution in [0.25, 0.3) is 0 Å². The van der Waals surface area contributed by atoms with Crippen molar-refractivity contribution in [1.29, 1.82) is 0 Å². The molecule has 0 aromatic heterocycles. The summed E-state index contributed by atoms with van der Waals surface area (Å²) in [7, 11) is 5.71. The van der Waals surface area contributed by atoms with Gasteiger partial charge in [0, 0.05) is 33.6 Å². The molecule has 0 saturated carbocycles. The van der Waals surface area contributed by atoms with Crippen molar-refractivity contribution in [2.24, 2.45) is 29.1 Å². The molecule has 20 heteroatoms. The summed E-state index contributed by atoms with van der Waals surface area (Å²) >= 11 is 0. The summed E-state index contributed by atoms with van der Waals surface area (Å²) in [6.45, 7) is 17.9. The summed E-state index contributed by atoms with van der Waals surface area (Å²) in [6.07, 6.45) is -0.668. The second kappa shape index (κ2) is 26.1. The fourth-order valence-corrected chi connectivity index (χ4v) is 8.03. The molecule has 8 amide bonds. The molecule has 386 valence electrons. The molecule has 1 aromatic carbocycles. The van der Waals surface area contributed by atoms with E-state index in [9.17, 15) is 47.9 Å². The van der Waals surface area contributed by atoms with E-state index in [1.54, 1.807) is 65.8 Å². The van der Waals surface area contributed by atoms with Crippen LogP contribution in [-0.2, 0) is 59.1 Å². The molecule has 5 N–H and O–H groups in total. The van der Waals surface area contributed by atoms with Gasteiger partial charge in [0.2, 0.25) is 41.4 Å². The number of hydrogen-bond acceptors (Lipinski definition) is 12. The summed E-state index contributed by atoms with van der Waals surface area (Å²) in [4.78, 5) is 142. The molecule has 2 rings (SSSR count). The van der Waals surface area contributed by atoms with Crippen molar-refractivity contribution in [2.75, 3.05) is 41.3 Å². The van der Waals surface area contributed by atoms with Crippen LogP contribution in [0.3, 0.4) is 0 Å². The molecule has 1 fully saturated rings. The van der Waals surface area contributed by atoms with Gasteiger partial charge in [0.1, 0.15) is 35.3 Å². The van der Waals surface area contributed by atoms with E-state index in [-0.39, 0.29) is 12.8 Å². The zero-order chi connectivity index (χ0) is 52.8. The maximum atomic E-state index is 14.6. The summed E-state index contributed by atoms with van der Waals surface area (Å²) < 4.78 is 11.0. The Bertz CT molecular complexity index is 2020. The molecular weight excluding hydrogens is 893 g/mol. The van der Waals surface area contributed by atoms with Crippen LogP contribution in [0, 0.1) is 29.1 Å². The lowest BCUT2D eigenvalue weighted by atomic mass is 9.83. The number of carbonyl (C=O) groups is 10. The summed E-state index contributed by atoms with van der Waals surface area (Å²) in [5, 5.41) is 13.1. The number of carbonyl (C=O) groups excluding carboxylic acids is 10. The molecule has 0 radical (unpaired) electrons. The number of rotatable bonds is 8. The van der Waals surface area contributed by atoms with Gasteiger partial charge in [0.15, 0.2) is 11.9 Å². The summed E-state index contributed by atoms with van der Waals surface area (Å²) in [6, 6.07) is 0.0441. The number of ether oxygens (including phenoxy) is 2. The number of hydrogen-bond donors (Lipinski definition) is 5. The monoisotopic (exact) mass is 971 g/mol. The normalized spacial score (nSPS) is 27.0. The lowest BCUT2D eigenvalue weighted by Gasteiger charge is -2.37. The number of nitrogens with zero attached hydrogens (tertiary/aromatic N) is 3. The lowest BCUT2D eigenvalue weighted by Crippen LogP contribution is -2.60. The van der Waals surface area contributed by atoms with E-state index in [4.69, 9.17) is 9.47 Å². The van der Waals surface area contributed by atoms with Crippen LogP contribution in [0.1, 0.15) is 101 Å². The Kier molecular flexibility index (Phi) is 22.3. The van der Waals surface area contributed by atoms with Gasteiger partial charge >= 0.3 is 5.97 Å². The van der Waals surface area contributed by atoms with Crippen molar-refractivity contribution in [2.45, 2.75) is 145 Å². The maximum Gasteiger partial charge on any atom is 0.311 e. The Labute approximate surface area is 407 Å². The summed E-state index contributed by atoms with van der Waals surface area (Å²) in [5.74, 6) is -8.98. The van der Waals surface area contributed by atoms with Crippen LogP contribution in [-0.4, -0.2) is 157 Å². The highest BCUT2D eigenvalue weighted by Gasteiger charge is 2.43. The van der Waals surface area contributed by atoms with Crippen LogP contribution >= 0.6 is 0 Å². The topological polar surface area (TPSA) is 259 Å². The molecule has 1 unspecified atom stereocenters. The molecule has 1 aliphatic rings. The second-order valence-corrected chi connectivity index (χ2v) is 19.3. The first kappa shape index (κ1) is 59.0. The Morgan fingerprint density at radius 3 is 1.71 bits per heavy atom. The fraction of sp³-hybridized carbons (Fsp3) is 0.673. The van der Waals surface area contributed by atoms with Crippen molar-refractivity contribution in [3.63, 3.8) is 0 Å². The van der Waals surface area contributed by atoms with Gasteiger partial charge in [0.05, 0.1) is 32.2 Å². The largest absolute Gasteiger partial charge is 0.497 e. The minimum Gasteiger partial charge on any atom is -0.497 e. The fourth-order valence-electron chi connectivity index (χ4n) is 8.03. The van der Waals surface area contributed by atoms with Crippen LogP contribution < -0.4 is 31.3 Å². The Morgan fingerprint density at radius 1 is 0.681 bits per heavy atom. The average Bonchev–Trinajstić information content (AvgIpc) is 3.30. The summed E-state index contributed by atoms with van der Waals surface area (Å²) in [5.41, 5.74) is -1.16. The van der Waals surface area contributed by atoms with E-state index >= 15 is 0 Å². The maximum absolute atomic E-state index is 14.6. The van der Waals surface area contributed by atoms with E-state index in [1.807, 2.05) is 6.92 Å². The van der Waals surface area contributed by atoms with Crippen molar-refractivity contribution in [1.82, 2.24) is 41.3 Å². The first-order chi connectivity index (χ1) is 32.1. The quantitative estimate of drug-likeness (QED) is 0.183. The van der Waals surface area contributed by atoms with Gasteiger partial charge in [0.25, 0.3) is 5.91 Å². The third-order valence-corrected chi connectivity index (χ3v) is 13.0. The minimum atomic E-state index is -1.79. The Morgan fingerprint density at radius 2 is 1.22 bits per heavy atom. The number of nitrogens with one attached hydrogen (secondary N) is 5. The zero-order valence-electron chi connectivity index (χ0n) is 43.4. The van der Waals surface area contributed by atoms with Gasteiger partial charge in [-0.25, -0.2) is 0 Å². The average molecular weight is 971 g/mol. The molecule has 1 saturated heterocycles. The molecular formula is C49H78N8O12. The number of likely N-dealkylation sites (N-methyl/N-ethyl adjacent to an activating group) is 3. The van der Waals surface area contributed by atoms with Crippen LogP contribution in [0.15, 0.2) is 24.3 Å². The highest BCUT2D eigenvalue weighted by Crippen LogP contribution is 2.23. The van der Waals surface area contributed by atoms with Gasteiger partial charge in [-0.3, -0.25) is 47.9 Å². The van der Waals surface area contributed by atoms with Crippen molar-refractivity contribution in [3.05, 3.63) is 29.8 Å². The zero-order valence-corrected chi connectivity index (χ0v) is 43.4. The van der Waals surface area contributed by atoms with Crippen molar-refractivity contribution >= 4 is 59.0 Å². The van der Waals surface area contributed by atoms with Gasteiger partial charge < -0.3 is 50.8 Å². The molecule has 0 spiro atoms. The molecule has 69 heavy (non-hydrogen) atoms. The molecule has 20 nitrogen and oxygen atoms in total. The number of esters is 1. The minimum absolute atomic E-state index is 0.0334. The number of methoxy groups -OCH3 is 1. The van der Waals surface area contributed by atoms with Crippen molar-refractivity contribution < 1.29 is 57.4 Å². The van der Waals surface area contributed by atoms with Crippen LogP contribution in [0.4, 0.5) is 0 Å². The smallest absolute Gasteiger partial charge is 0.311 e. The highest BCUT2D eigenvalue weighted by molar-refractivity contribution is 6.09. The third kappa shape index (κ3) is 15.5. The predicted molar refractivity (Wildman–Crippen MR) is 257 cm³/mol. The van der Waals surface area contributed by atoms with Gasteiger partial charge in [-0.2, -0.15) is 0 Å². The lowest BCUT2D eigenvalue weighted by molar-refractivity contribution is -0.163. The molecule has 0 bridgehead atoms. The highest BCUT2D eigenvalue weighted by atomic mass is 16.5. The van der Waals surface area contributed by atoms with Crippen LogP contribution in [0.2, 0.25) is 0 Å². The SMILES string of the molecule is CCC(C)[C@H]1C(=O)NCC(=O)N(C)[C@@H](C(C)C)C(=O)N(C)[C@@H](Cc2ccc(OC)cc2)C(=O)N[C@@H](C)C(=O)C(C)(C)C(=O)N[C@@H](C)C(=O)N[C@H](CC)[C@H](C)C(=O)O[C@@H](C(C)C)C(=O)NCC(=O)N1C. The predicted octanol–water partition coefficient (Wildman–Crippen LogP) is 1.37. The number of ketones is 1. The van der Waals surface area contributed by atoms with Gasteiger partial charge in [-0.1, -0.05) is 67.0 Å². The van der Waals surface area contributed by atoms with E-state index in [0.29, 0.717) is 17.7 Å². The third-order valence-electron chi connectivity index (χ3n) is 13.0. The standard InChI is InChI=1S/C49H78N8O12/c1-17-28(7)39-44(63)50-24-36(58)56(14)38(26(3)4)46(65)55(13)35(23-32-19-21-33(68-16)22-20-32)43(62)52-30(9)41(60)49(11,12)48(67)53-31(10)42(61)54-34(18-2)29(8)47(66)69-40(27(5)6)45(64)51-25-37(59)57(39)15/h19-22,26-31,34-35,38-40H,17-18,23-25H2,1-16H3,(H,50,63)(H,51,64)(H,52,62)(H,53,67)(H,54,61)/t28?,29-,30-,31-,34+,35-,38-,39-,40-/m0/s1. The molecule has 1 aromatic rings. The van der Waals surface area contributed by atoms with E-state index in [2.05, 4.69) is 26.6 Å². The van der Waals surface area contributed by atoms with Gasteiger partial charge in [-0.05, 0) is 76.5 Å². The second-order valence-electron chi connectivity index (χ2n) is 19.3. The Hall–Kier alpha value is -6.08. The van der Waals surface area contributed by atoms with E-state index in [1.165, 1.54) is 77.6 Å². The number of Topliss-reactive ketones (excluding diaryl/α,β-unsaturated/α-hetero) is 1. The van der Waals surface area contributed by atoms with Crippen molar-refractivity contribution in [3.8, 4) is 5.75 Å². The van der Waals surface area contributed by atoms with Crippen LogP contribution in [0.5, 0.6) is 5.75 Å². The van der Waals surface area contributed by atoms with Gasteiger partial charge in [-0.15, -0.1) is 0 Å². The number of benzene rings is 1. The molecule has 9 atom stereocenters. The van der Waals surface area contributed by atoms with E-state index in [0.717, 1.165) is 0 Å². The first-order valence-electron chi connectivity index (χ1n) is 23.7. The molecule has 1 heterocycles. The molecule has 1 aliphatic heterocycles. The van der Waals surface area contributed by atoms with E-state index < -0.39 is 144 Å². The first-order valence-corrected chi connectivity index (χ1v) is 23.7. The molecule has 0 aliphatic carbocycles.